The van der Waals surface area contributed by atoms with Crippen LogP contribution in [0.1, 0.15) is 5.69 Å². The van der Waals surface area contributed by atoms with Gasteiger partial charge in [-0.25, -0.2) is 19.5 Å². The molecule has 0 N–H and O–H groups in total. The average Bonchev–Trinajstić information content (AvgIpc) is 3.62. The van der Waals surface area contributed by atoms with E-state index in [4.69, 9.17) is 9.72 Å². The van der Waals surface area contributed by atoms with Crippen LogP contribution in [0.2, 0.25) is 0 Å². The van der Waals surface area contributed by atoms with Gasteiger partial charge in [-0.1, -0.05) is 0 Å². The molecule has 0 aliphatic heterocycles. The molecule has 0 atom stereocenters. The number of aromatic nitrogens is 7. The van der Waals surface area contributed by atoms with E-state index >= 15 is 0 Å². The van der Waals surface area contributed by atoms with Crippen molar-refractivity contribution in [2.75, 3.05) is 7.11 Å². The fourth-order valence-electron chi connectivity index (χ4n) is 3.86. The lowest BCUT2D eigenvalue weighted by Crippen LogP contribution is -2.00. The predicted octanol–water partition coefficient (Wildman–Crippen LogP) is 5.11. The number of fused-ring (bicyclic) bond motifs is 1. The number of hydrogen-bond donors (Lipinski definition) is 0. The zero-order chi connectivity index (χ0) is 23.1. The van der Waals surface area contributed by atoms with Gasteiger partial charge in [0.05, 0.1) is 24.7 Å². The summed E-state index contributed by atoms with van der Waals surface area (Å²) in [7, 11) is 1.61. The lowest BCUT2D eigenvalue weighted by atomic mass is 10.2. The Morgan fingerprint density at radius 1 is 0.882 bits per heavy atom. The zero-order valence-electron chi connectivity index (χ0n) is 18.5. The fraction of sp³-hybridized carbons (Fsp3) is 0.0800. The number of nitrogens with zero attached hydrogens (tertiary/aromatic N) is 7. The van der Waals surface area contributed by atoms with E-state index in [2.05, 4.69) is 19.9 Å². The average molecular weight is 466 g/mol. The number of ether oxygens (including phenoxy) is 1. The van der Waals surface area contributed by atoms with E-state index in [1.54, 1.807) is 30.8 Å². The predicted molar refractivity (Wildman–Crippen MR) is 132 cm³/mol. The van der Waals surface area contributed by atoms with Gasteiger partial charge in [-0.05, 0) is 55.5 Å². The Morgan fingerprint density at radius 3 is 2.47 bits per heavy atom. The molecule has 0 aliphatic carbocycles. The molecule has 8 nitrogen and oxygen atoms in total. The molecule has 0 fully saturated rings. The maximum absolute atomic E-state index is 5.51. The van der Waals surface area contributed by atoms with Gasteiger partial charge in [0.2, 0.25) is 0 Å². The first-order valence-corrected chi connectivity index (χ1v) is 11.5. The summed E-state index contributed by atoms with van der Waals surface area (Å²) in [5.74, 6) is 0.808. The monoisotopic (exact) mass is 465 g/mol. The number of methoxy groups -OCH3 is 1. The van der Waals surface area contributed by atoms with Crippen molar-refractivity contribution in [2.45, 2.75) is 6.92 Å². The molecule has 0 saturated heterocycles. The molecule has 5 aromatic heterocycles. The first kappa shape index (κ1) is 20.3. The number of hydrogen-bond acceptors (Lipinski definition) is 7. The number of benzene rings is 1. The molecular weight excluding hydrogens is 446 g/mol. The van der Waals surface area contributed by atoms with Crippen LogP contribution in [0.25, 0.3) is 44.6 Å². The van der Waals surface area contributed by atoms with Crippen molar-refractivity contribution < 1.29 is 4.74 Å². The first-order chi connectivity index (χ1) is 16.7. The van der Waals surface area contributed by atoms with Crippen LogP contribution < -0.4 is 4.74 Å². The van der Waals surface area contributed by atoms with Crippen molar-refractivity contribution in [3.8, 4) is 39.5 Å². The highest BCUT2D eigenvalue weighted by molar-refractivity contribution is 7.13. The van der Waals surface area contributed by atoms with Gasteiger partial charge >= 0.3 is 6.01 Å². The molecule has 6 aromatic rings. The number of aryl methyl sites for hydroxylation is 1. The third-order valence-corrected chi connectivity index (χ3v) is 6.28. The van der Waals surface area contributed by atoms with Crippen molar-refractivity contribution in [1.82, 2.24) is 34.1 Å². The van der Waals surface area contributed by atoms with E-state index in [-0.39, 0.29) is 0 Å². The van der Waals surface area contributed by atoms with Gasteiger partial charge in [-0.15, -0.1) is 11.3 Å². The molecular formula is C25H19N7OS. The minimum absolute atomic E-state index is 0.486. The van der Waals surface area contributed by atoms with Crippen LogP contribution in [0, 0.1) is 6.92 Å². The van der Waals surface area contributed by atoms with Crippen LogP contribution in [0.4, 0.5) is 0 Å². The Hall–Kier alpha value is -4.37. The summed E-state index contributed by atoms with van der Waals surface area (Å²) in [6.45, 7) is 1.97. The summed E-state index contributed by atoms with van der Waals surface area (Å²) in [5, 5.41) is 2.82. The van der Waals surface area contributed by atoms with E-state index in [0.29, 0.717) is 6.01 Å². The van der Waals surface area contributed by atoms with Gasteiger partial charge in [0.25, 0.3) is 0 Å². The summed E-state index contributed by atoms with van der Waals surface area (Å²) in [5.41, 5.74) is 6.10. The van der Waals surface area contributed by atoms with E-state index in [9.17, 15) is 0 Å². The smallest absolute Gasteiger partial charge is 0.303 e. The van der Waals surface area contributed by atoms with Gasteiger partial charge < -0.3 is 4.74 Å². The minimum atomic E-state index is 0.486. The van der Waals surface area contributed by atoms with Crippen LogP contribution in [0.15, 0.2) is 78.7 Å². The van der Waals surface area contributed by atoms with Gasteiger partial charge in [-0.3, -0.25) is 9.55 Å². The number of pyridine rings is 2. The molecule has 0 amide bonds. The second-order valence-electron chi connectivity index (χ2n) is 7.64. The molecule has 0 saturated carbocycles. The van der Waals surface area contributed by atoms with Crippen molar-refractivity contribution in [1.29, 1.82) is 0 Å². The lowest BCUT2D eigenvalue weighted by molar-refractivity contribution is 0.375. The maximum atomic E-state index is 5.51. The van der Waals surface area contributed by atoms with Gasteiger partial charge in [0.1, 0.15) is 22.0 Å². The van der Waals surface area contributed by atoms with Gasteiger partial charge in [-0.2, -0.15) is 4.98 Å². The Balaban J connectivity index is 1.46. The quantitative estimate of drug-likeness (QED) is 0.352. The minimum Gasteiger partial charge on any atom is -0.468 e. The van der Waals surface area contributed by atoms with Crippen molar-refractivity contribution in [3.63, 3.8) is 0 Å². The molecule has 0 aliphatic rings. The van der Waals surface area contributed by atoms with Crippen molar-refractivity contribution >= 4 is 22.5 Å². The summed E-state index contributed by atoms with van der Waals surface area (Å²) < 4.78 is 9.46. The van der Waals surface area contributed by atoms with Crippen LogP contribution in [-0.4, -0.2) is 41.2 Å². The standard InChI is InChI=1S/C25H19N7OS/c1-16-5-8-19(14-28-16)31-15-21(24-27-12-13-34-24)29-22(31)17-6-9-18(10-7-17)32-23-20(4-3-11-26-23)30-25(32)33-2/h3-15H,1-2H3. The summed E-state index contributed by atoms with van der Waals surface area (Å²) in [6, 6.07) is 16.4. The van der Waals surface area contributed by atoms with Crippen LogP contribution >= 0.6 is 11.3 Å². The van der Waals surface area contributed by atoms with E-state index in [1.165, 1.54) is 0 Å². The fourth-order valence-corrected chi connectivity index (χ4v) is 4.45. The number of thiazole rings is 1. The largest absolute Gasteiger partial charge is 0.468 e. The third kappa shape index (κ3) is 3.43. The molecule has 0 unspecified atom stereocenters. The van der Waals surface area contributed by atoms with Gasteiger partial charge in [0, 0.05) is 35.2 Å². The Bertz CT molecular complexity index is 1580. The van der Waals surface area contributed by atoms with Gasteiger partial charge in [0.15, 0.2) is 5.65 Å². The first-order valence-electron chi connectivity index (χ1n) is 10.6. The molecule has 0 bridgehead atoms. The lowest BCUT2D eigenvalue weighted by Gasteiger charge is -2.10. The Labute approximate surface area is 199 Å². The van der Waals surface area contributed by atoms with Crippen LogP contribution in [0.5, 0.6) is 6.01 Å². The maximum Gasteiger partial charge on any atom is 0.303 e. The molecule has 0 radical (unpaired) electrons. The normalized spacial score (nSPS) is 11.2. The molecule has 5 heterocycles. The van der Waals surface area contributed by atoms with E-state index in [0.717, 1.165) is 50.3 Å². The molecule has 166 valence electrons. The highest BCUT2D eigenvalue weighted by atomic mass is 32.1. The highest BCUT2D eigenvalue weighted by Gasteiger charge is 2.17. The zero-order valence-corrected chi connectivity index (χ0v) is 19.3. The van der Waals surface area contributed by atoms with Crippen molar-refractivity contribution in [3.05, 3.63) is 84.4 Å². The molecule has 34 heavy (non-hydrogen) atoms. The second kappa shape index (κ2) is 8.20. The summed E-state index contributed by atoms with van der Waals surface area (Å²) in [4.78, 5) is 22.8. The highest BCUT2D eigenvalue weighted by Crippen LogP contribution is 2.31. The molecule has 0 spiro atoms. The molecule has 9 heteroatoms. The van der Waals surface area contributed by atoms with Crippen LogP contribution in [-0.2, 0) is 0 Å². The number of rotatable bonds is 5. The molecule has 6 rings (SSSR count). The van der Waals surface area contributed by atoms with Crippen molar-refractivity contribution in [2.24, 2.45) is 0 Å². The molecule has 1 aromatic carbocycles. The van der Waals surface area contributed by atoms with E-state index in [1.807, 2.05) is 82.4 Å². The summed E-state index contributed by atoms with van der Waals surface area (Å²) >= 11 is 1.56. The summed E-state index contributed by atoms with van der Waals surface area (Å²) in [6.07, 6.45) is 7.40. The Kier molecular flexibility index (Phi) is 4.88. The van der Waals surface area contributed by atoms with E-state index < -0.39 is 0 Å². The number of imidazole rings is 2. The third-order valence-electron chi connectivity index (χ3n) is 5.48. The van der Waals surface area contributed by atoms with Crippen LogP contribution in [0.3, 0.4) is 0 Å². The topological polar surface area (TPSA) is 83.5 Å². The SMILES string of the molecule is COc1nc2cccnc2n1-c1ccc(-c2nc(-c3nccs3)cn2-c2ccc(C)nc2)cc1. The Morgan fingerprint density at radius 2 is 1.74 bits per heavy atom. The second-order valence-corrected chi connectivity index (χ2v) is 8.54.